The Kier molecular flexibility index (Phi) is 7.98. The van der Waals surface area contributed by atoms with Crippen LogP contribution >= 0.6 is 0 Å². The molecule has 1 aliphatic heterocycles. The number of hydrogen-bond acceptors (Lipinski definition) is 6. The van der Waals surface area contributed by atoms with Crippen LogP contribution in [0, 0.1) is 5.92 Å². The van der Waals surface area contributed by atoms with Crippen molar-refractivity contribution in [2.45, 2.75) is 51.9 Å². The number of imidazole rings is 1. The Hall–Kier alpha value is -3.22. The molecule has 7 heteroatoms. The lowest BCUT2D eigenvalue weighted by Gasteiger charge is -2.32. The molecule has 7 nitrogen and oxygen atoms in total. The molecule has 0 bridgehead atoms. The molecule has 2 unspecified atom stereocenters. The molecule has 0 radical (unpaired) electrons. The van der Waals surface area contributed by atoms with Gasteiger partial charge in [-0.25, -0.2) is 4.98 Å². The molecule has 2 aromatic rings. The summed E-state index contributed by atoms with van der Waals surface area (Å²) in [5.74, 6) is -1.12. The van der Waals surface area contributed by atoms with Crippen LogP contribution in [0.1, 0.15) is 62.2 Å². The summed E-state index contributed by atoms with van der Waals surface area (Å²) in [7, 11) is 2.97. The lowest BCUT2D eigenvalue weighted by molar-refractivity contribution is -0.143. The van der Waals surface area contributed by atoms with E-state index >= 15 is 0 Å². The van der Waals surface area contributed by atoms with Crippen molar-refractivity contribution in [1.29, 1.82) is 0 Å². The summed E-state index contributed by atoms with van der Waals surface area (Å²) in [6, 6.07) is 7.47. The average molecular weight is 438 g/mol. The van der Waals surface area contributed by atoms with Crippen molar-refractivity contribution in [1.82, 2.24) is 9.55 Å². The van der Waals surface area contributed by atoms with E-state index in [1.807, 2.05) is 31.2 Å². The molecule has 3 rings (SSSR count). The maximum Gasteiger partial charge on any atom is 0.315 e. The Labute approximate surface area is 189 Å². The second-order valence-electron chi connectivity index (χ2n) is 7.95. The van der Waals surface area contributed by atoms with E-state index in [4.69, 9.17) is 14.5 Å². The van der Waals surface area contributed by atoms with E-state index in [2.05, 4.69) is 11.9 Å². The Morgan fingerprint density at radius 2 is 1.84 bits per heavy atom. The fraction of sp³-hybridized carbons (Fsp3) is 0.440. The molecule has 32 heavy (non-hydrogen) atoms. The Balaban J connectivity index is 2.15. The highest BCUT2D eigenvalue weighted by molar-refractivity contribution is 6.08. The van der Waals surface area contributed by atoms with Gasteiger partial charge in [0.2, 0.25) is 0 Å². The van der Waals surface area contributed by atoms with E-state index in [9.17, 15) is 9.59 Å². The normalized spacial score (nSPS) is 18.3. The quantitative estimate of drug-likeness (QED) is 0.415. The second kappa shape index (κ2) is 10.9. The van der Waals surface area contributed by atoms with E-state index in [0.717, 1.165) is 36.9 Å². The highest BCUT2D eigenvalue weighted by atomic mass is 16.5. The van der Waals surface area contributed by atoms with Crippen LogP contribution in [-0.4, -0.2) is 41.4 Å². The van der Waals surface area contributed by atoms with Crippen molar-refractivity contribution < 1.29 is 19.1 Å². The number of methoxy groups -OCH3 is 2. The van der Waals surface area contributed by atoms with Crippen molar-refractivity contribution in [2.75, 3.05) is 14.2 Å². The van der Waals surface area contributed by atoms with Crippen LogP contribution in [0.5, 0.6) is 5.75 Å². The van der Waals surface area contributed by atoms with Crippen LogP contribution < -0.4 is 4.74 Å². The maximum absolute atomic E-state index is 13.6. The number of aromatic nitrogens is 2. The van der Waals surface area contributed by atoms with Crippen molar-refractivity contribution in [3.8, 4) is 5.75 Å². The lowest BCUT2D eigenvalue weighted by atomic mass is 9.74. The highest BCUT2D eigenvalue weighted by Crippen LogP contribution is 2.42. The second-order valence-corrected chi connectivity index (χ2v) is 7.95. The van der Waals surface area contributed by atoms with Crippen LogP contribution in [0.15, 0.2) is 59.2 Å². The Bertz CT molecular complexity index is 991. The summed E-state index contributed by atoms with van der Waals surface area (Å²) in [4.78, 5) is 35.3. The fourth-order valence-corrected chi connectivity index (χ4v) is 4.22. The molecule has 0 N–H and O–H groups in total. The molecular formula is C25H31N3O4. The Morgan fingerprint density at radius 3 is 2.44 bits per heavy atom. The van der Waals surface area contributed by atoms with Gasteiger partial charge >= 0.3 is 5.97 Å². The first-order valence-corrected chi connectivity index (χ1v) is 11.0. The minimum Gasteiger partial charge on any atom is -0.497 e. The van der Waals surface area contributed by atoms with Crippen molar-refractivity contribution in [3.05, 3.63) is 59.8 Å². The Morgan fingerprint density at radius 1 is 1.09 bits per heavy atom. The number of nitrogens with zero attached hydrogens (tertiary/aromatic N) is 3. The molecule has 1 aromatic heterocycles. The van der Waals surface area contributed by atoms with Gasteiger partial charge in [-0.1, -0.05) is 38.3 Å². The van der Waals surface area contributed by atoms with Crippen LogP contribution in [0.4, 0.5) is 0 Å². The summed E-state index contributed by atoms with van der Waals surface area (Å²) >= 11 is 0. The average Bonchev–Trinajstić information content (AvgIpc) is 3.35. The van der Waals surface area contributed by atoms with E-state index in [-0.39, 0.29) is 5.91 Å². The molecule has 0 saturated carbocycles. The van der Waals surface area contributed by atoms with Gasteiger partial charge in [0.25, 0.3) is 5.91 Å². The third-order valence-electron chi connectivity index (χ3n) is 5.88. The number of allylic oxidation sites excluding steroid dienone is 2. The summed E-state index contributed by atoms with van der Waals surface area (Å²) in [5.41, 5.74) is 2.75. The number of hydrogen-bond donors (Lipinski definition) is 0. The zero-order chi connectivity index (χ0) is 23.1. The smallest absolute Gasteiger partial charge is 0.315 e. The lowest BCUT2D eigenvalue weighted by Crippen LogP contribution is -2.37. The van der Waals surface area contributed by atoms with Crippen molar-refractivity contribution in [3.63, 3.8) is 0 Å². The first-order valence-electron chi connectivity index (χ1n) is 11.0. The molecule has 2 heterocycles. The molecule has 170 valence electrons. The van der Waals surface area contributed by atoms with Gasteiger partial charge in [0.05, 0.1) is 14.2 Å². The first-order chi connectivity index (χ1) is 15.5. The summed E-state index contributed by atoms with van der Waals surface area (Å²) in [6.45, 7) is 4.00. The van der Waals surface area contributed by atoms with Gasteiger partial charge in [0, 0.05) is 35.3 Å². The number of ether oxygens (including phenoxy) is 2. The SMILES string of the molecule is CCCCCCC1=C(C(=O)n2ccnc2)C(c2ccc(OC)cc2)C(C(=O)OC)C(C)=N1. The van der Waals surface area contributed by atoms with Crippen LogP contribution in [-0.2, 0) is 9.53 Å². The largest absolute Gasteiger partial charge is 0.497 e. The molecule has 0 fully saturated rings. The monoisotopic (exact) mass is 437 g/mol. The molecule has 0 spiro atoms. The van der Waals surface area contributed by atoms with Gasteiger partial charge < -0.3 is 9.47 Å². The highest BCUT2D eigenvalue weighted by Gasteiger charge is 2.42. The molecular weight excluding hydrogens is 406 g/mol. The van der Waals surface area contributed by atoms with Gasteiger partial charge in [-0.15, -0.1) is 0 Å². The van der Waals surface area contributed by atoms with Gasteiger partial charge in [-0.2, -0.15) is 0 Å². The molecule has 0 aliphatic carbocycles. The number of unbranched alkanes of at least 4 members (excludes halogenated alkanes) is 3. The first kappa shape index (κ1) is 23.4. The van der Waals surface area contributed by atoms with Crippen LogP contribution in [0.2, 0.25) is 0 Å². The standard InChI is InChI=1S/C25H31N3O4/c1-5-6-7-8-9-20-23(24(29)28-15-14-26-16-28)22(18-10-12-19(31-3)13-11-18)21(17(2)27-20)25(30)32-4/h10-16,21-22H,5-9H2,1-4H3. The van der Waals surface area contributed by atoms with E-state index in [0.29, 0.717) is 23.5 Å². The van der Waals surface area contributed by atoms with Crippen molar-refractivity contribution >= 4 is 17.6 Å². The zero-order valence-electron chi connectivity index (χ0n) is 19.2. The maximum atomic E-state index is 13.6. The van der Waals surface area contributed by atoms with Crippen LogP contribution in [0.25, 0.3) is 0 Å². The minimum atomic E-state index is -0.685. The van der Waals surface area contributed by atoms with Gasteiger partial charge in [0.15, 0.2) is 0 Å². The predicted octanol–water partition coefficient (Wildman–Crippen LogP) is 4.80. The molecule has 1 aromatic carbocycles. The number of benzene rings is 1. The summed E-state index contributed by atoms with van der Waals surface area (Å²) in [5, 5.41) is 0. The fourth-order valence-electron chi connectivity index (χ4n) is 4.22. The van der Waals surface area contributed by atoms with Gasteiger partial charge in [-0.05, 0) is 37.5 Å². The molecule has 1 aliphatic rings. The number of aliphatic imine (C=N–C) groups is 1. The third kappa shape index (κ3) is 4.98. The van der Waals surface area contributed by atoms with Crippen LogP contribution in [0.3, 0.4) is 0 Å². The molecule has 0 saturated heterocycles. The van der Waals surface area contributed by atoms with E-state index in [1.54, 1.807) is 19.5 Å². The van der Waals surface area contributed by atoms with Gasteiger partial charge in [-0.3, -0.25) is 19.1 Å². The zero-order valence-corrected chi connectivity index (χ0v) is 19.2. The van der Waals surface area contributed by atoms with Gasteiger partial charge in [0.1, 0.15) is 18.0 Å². The topological polar surface area (TPSA) is 82.8 Å². The number of rotatable bonds is 9. The predicted molar refractivity (Wildman–Crippen MR) is 123 cm³/mol. The molecule has 2 atom stereocenters. The number of carbonyl (C=O) groups is 2. The number of carbonyl (C=O) groups excluding carboxylic acids is 2. The number of esters is 1. The minimum absolute atomic E-state index is 0.223. The van der Waals surface area contributed by atoms with E-state index in [1.165, 1.54) is 18.0 Å². The summed E-state index contributed by atoms with van der Waals surface area (Å²) < 4.78 is 11.9. The third-order valence-corrected chi connectivity index (χ3v) is 5.88. The van der Waals surface area contributed by atoms with Crippen molar-refractivity contribution in [2.24, 2.45) is 10.9 Å². The van der Waals surface area contributed by atoms with E-state index < -0.39 is 17.8 Å². The molecule has 0 amide bonds. The summed E-state index contributed by atoms with van der Waals surface area (Å²) in [6.07, 6.45) is 9.59.